The minimum atomic E-state index is -0.176. The summed E-state index contributed by atoms with van der Waals surface area (Å²) in [4.78, 5) is 0. The van der Waals surface area contributed by atoms with E-state index in [4.69, 9.17) is 4.74 Å². The predicted molar refractivity (Wildman–Crippen MR) is 66.7 cm³/mol. The average molecular weight is 217 g/mol. The van der Waals surface area contributed by atoms with E-state index in [9.17, 15) is 0 Å². The molecule has 1 atom stereocenters. The van der Waals surface area contributed by atoms with Gasteiger partial charge in [-0.2, -0.15) is 0 Å². The lowest BCUT2D eigenvalue weighted by Gasteiger charge is -2.27. The van der Waals surface area contributed by atoms with E-state index in [0.717, 1.165) is 18.7 Å². The second kappa shape index (κ2) is 4.30. The molecule has 1 aliphatic rings. The first kappa shape index (κ1) is 11.2. The van der Waals surface area contributed by atoms with E-state index in [1.165, 1.54) is 5.56 Å². The smallest absolute Gasteiger partial charge is 0.125 e. The lowest BCUT2D eigenvalue weighted by molar-refractivity contribution is 0.0969. The van der Waals surface area contributed by atoms with Crippen LogP contribution in [0.5, 0.6) is 5.75 Å². The number of hydrogen-bond acceptors (Lipinski definition) is 2. The van der Waals surface area contributed by atoms with E-state index in [0.29, 0.717) is 0 Å². The second-order valence-electron chi connectivity index (χ2n) is 4.71. The third-order valence-electron chi connectivity index (χ3n) is 3.00. The molecule has 0 saturated heterocycles. The molecule has 0 aliphatic carbocycles. The Balaban J connectivity index is 2.18. The molecule has 0 bridgehead atoms. The minimum absolute atomic E-state index is 0.176. The van der Waals surface area contributed by atoms with Gasteiger partial charge in [0, 0.05) is 5.56 Å². The van der Waals surface area contributed by atoms with Crippen LogP contribution in [0.3, 0.4) is 0 Å². The van der Waals surface area contributed by atoms with Crippen LogP contribution in [0.4, 0.5) is 0 Å². The van der Waals surface area contributed by atoms with Gasteiger partial charge in [0.15, 0.2) is 0 Å². The van der Waals surface area contributed by atoms with Crippen molar-refractivity contribution < 1.29 is 4.74 Å². The Bertz CT molecular complexity index is 384. The van der Waals surface area contributed by atoms with Crippen LogP contribution < -0.4 is 10.1 Å². The molecular weight excluding hydrogens is 198 g/mol. The van der Waals surface area contributed by atoms with Crippen molar-refractivity contribution in [2.45, 2.75) is 31.9 Å². The van der Waals surface area contributed by atoms with Gasteiger partial charge in [0.1, 0.15) is 11.4 Å². The first-order valence-corrected chi connectivity index (χ1v) is 5.77. The van der Waals surface area contributed by atoms with E-state index < -0.39 is 0 Å². The summed E-state index contributed by atoms with van der Waals surface area (Å²) in [5, 5.41) is 3.53. The van der Waals surface area contributed by atoms with Crippen molar-refractivity contribution in [2.24, 2.45) is 0 Å². The molecule has 0 aromatic heterocycles. The molecule has 1 aromatic rings. The molecule has 1 N–H and O–H groups in total. The van der Waals surface area contributed by atoms with Gasteiger partial charge in [-0.15, -0.1) is 6.58 Å². The van der Waals surface area contributed by atoms with Crippen LogP contribution in [-0.4, -0.2) is 12.1 Å². The maximum atomic E-state index is 5.95. The number of nitrogens with one attached hydrogen (secondary N) is 1. The quantitative estimate of drug-likeness (QED) is 0.618. The summed E-state index contributed by atoms with van der Waals surface area (Å²) < 4.78 is 5.95. The largest absolute Gasteiger partial charge is 0.486 e. The van der Waals surface area contributed by atoms with Crippen LogP contribution >= 0.6 is 0 Å². The maximum absolute atomic E-state index is 5.95. The Morgan fingerprint density at radius 1 is 1.44 bits per heavy atom. The van der Waals surface area contributed by atoms with Gasteiger partial charge >= 0.3 is 0 Å². The van der Waals surface area contributed by atoms with Gasteiger partial charge in [-0.25, -0.2) is 0 Å². The number of para-hydroxylation sites is 1. The molecule has 16 heavy (non-hydrogen) atoms. The minimum Gasteiger partial charge on any atom is -0.486 e. The highest BCUT2D eigenvalue weighted by molar-refractivity contribution is 5.42. The monoisotopic (exact) mass is 217 g/mol. The van der Waals surface area contributed by atoms with Gasteiger partial charge < -0.3 is 10.1 Å². The van der Waals surface area contributed by atoms with Crippen molar-refractivity contribution in [3.63, 3.8) is 0 Å². The van der Waals surface area contributed by atoms with Crippen LogP contribution in [-0.2, 0) is 0 Å². The van der Waals surface area contributed by atoms with Gasteiger partial charge in [-0.05, 0) is 32.9 Å². The number of benzene rings is 1. The molecule has 1 unspecified atom stereocenters. The Morgan fingerprint density at radius 3 is 2.94 bits per heavy atom. The zero-order valence-electron chi connectivity index (χ0n) is 9.99. The van der Waals surface area contributed by atoms with Gasteiger partial charge in [0.25, 0.3) is 0 Å². The normalized spacial score (nSPS) is 21.2. The first-order valence-electron chi connectivity index (χ1n) is 5.77. The summed E-state index contributed by atoms with van der Waals surface area (Å²) >= 11 is 0. The highest BCUT2D eigenvalue weighted by Gasteiger charge is 2.40. The molecule has 2 rings (SSSR count). The Kier molecular flexibility index (Phi) is 3.01. The van der Waals surface area contributed by atoms with Crippen molar-refractivity contribution >= 4 is 0 Å². The Morgan fingerprint density at radius 2 is 2.19 bits per heavy atom. The molecule has 0 amide bonds. The Hall–Kier alpha value is -1.28. The number of fused-ring (bicyclic) bond motifs is 1. The highest BCUT2D eigenvalue weighted by Crippen LogP contribution is 2.42. The molecule has 2 heteroatoms. The third-order valence-corrected chi connectivity index (χ3v) is 3.00. The summed E-state index contributed by atoms with van der Waals surface area (Å²) in [7, 11) is 0. The second-order valence-corrected chi connectivity index (χ2v) is 4.71. The summed E-state index contributed by atoms with van der Waals surface area (Å²) in [6, 6.07) is 8.51. The van der Waals surface area contributed by atoms with E-state index in [-0.39, 0.29) is 11.6 Å². The van der Waals surface area contributed by atoms with Crippen molar-refractivity contribution in [2.75, 3.05) is 6.54 Å². The predicted octanol–water partition coefficient (Wildman–Crippen LogP) is 3.06. The molecule has 86 valence electrons. The average Bonchev–Trinajstić information content (AvgIpc) is 2.50. The first-order chi connectivity index (χ1) is 7.65. The fourth-order valence-corrected chi connectivity index (χ4v) is 2.21. The van der Waals surface area contributed by atoms with Gasteiger partial charge in [0.05, 0.1) is 6.04 Å². The molecule has 1 aliphatic heterocycles. The fraction of sp³-hybridized carbons (Fsp3) is 0.429. The molecule has 1 aromatic carbocycles. The van der Waals surface area contributed by atoms with Gasteiger partial charge in [0.2, 0.25) is 0 Å². The van der Waals surface area contributed by atoms with Crippen molar-refractivity contribution in [1.29, 1.82) is 0 Å². The van der Waals surface area contributed by atoms with Crippen LogP contribution in [0.1, 0.15) is 31.9 Å². The zero-order valence-corrected chi connectivity index (χ0v) is 9.99. The van der Waals surface area contributed by atoms with E-state index in [1.54, 1.807) is 0 Å². The summed E-state index contributed by atoms with van der Waals surface area (Å²) in [5.41, 5.74) is 1.08. The van der Waals surface area contributed by atoms with Crippen molar-refractivity contribution in [3.8, 4) is 5.75 Å². The lowest BCUT2D eigenvalue weighted by atomic mass is 9.94. The standard InChI is InChI=1S/C14H19NO/c1-4-5-10-15-13-11-8-6-7-9-12(11)16-14(13,2)3/h4,6-9,13,15H,1,5,10H2,2-3H3. The van der Waals surface area contributed by atoms with Crippen LogP contribution in [0.2, 0.25) is 0 Å². The topological polar surface area (TPSA) is 21.3 Å². The lowest BCUT2D eigenvalue weighted by Crippen LogP contribution is -2.39. The number of hydrogen-bond donors (Lipinski definition) is 1. The SMILES string of the molecule is C=CCCNC1c2ccccc2OC1(C)C. The molecule has 0 saturated carbocycles. The number of rotatable bonds is 4. The summed E-state index contributed by atoms with van der Waals surface area (Å²) in [5.74, 6) is 1.00. The zero-order chi connectivity index (χ0) is 11.6. The third kappa shape index (κ3) is 1.98. The summed E-state index contributed by atoms with van der Waals surface area (Å²) in [6.07, 6.45) is 2.91. The van der Waals surface area contributed by atoms with Gasteiger partial charge in [-0.3, -0.25) is 0 Å². The van der Waals surface area contributed by atoms with E-state index in [1.807, 2.05) is 18.2 Å². The van der Waals surface area contributed by atoms with Crippen molar-refractivity contribution in [1.82, 2.24) is 5.32 Å². The van der Waals surface area contributed by atoms with Crippen molar-refractivity contribution in [3.05, 3.63) is 42.5 Å². The van der Waals surface area contributed by atoms with E-state index >= 15 is 0 Å². The molecule has 0 fully saturated rings. The molecule has 0 radical (unpaired) electrons. The molecular formula is C14H19NO. The molecule has 0 spiro atoms. The van der Waals surface area contributed by atoms with E-state index in [2.05, 4.69) is 37.9 Å². The molecule has 2 nitrogen and oxygen atoms in total. The Labute approximate surface area is 97.3 Å². The maximum Gasteiger partial charge on any atom is 0.125 e. The summed E-state index contributed by atoms with van der Waals surface area (Å²) in [6.45, 7) is 8.92. The highest BCUT2D eigenvalue weighted by atomic mass is 16.5. The van der Waals surface area contributed by atoms with Crippen LogP contribution in [0, 0.1) is 0 Å². The van der Waals surface area contributed by atoms with Gasteiger partial charge in [-0.1, -0.05) is 24.3 Å². The molecule has 1 heterocycles. The van der Waals surface area contributed by atoms with Crippen LogP contribution in [0.15, 0.2) is 36.9 Å². The number of ether oxygens (including phenoxy) is 1. The fourth-order valence-electron chi connectivity index (χ4n) is 2.21. The van der Waals surface area contributed by atoms with Crippen LogP contribution in [0.25, 0.3) is 0 Å².